The van der Waals surface area contributed by atoms with Crippen LogP contribution in [0.15, 0.2) is 18.2 Å². The Bertz CT molecular complexity index is 471. The van der Waals surface area contributed by atoms with Crippen molar-refractivity contribution >= 4 is 23.3 Å². The van der Waals surface area contributed by atoms with Gasteiger partial charge in [0.1, 0.15) is 0 Å². The second kappa shape index (κ2) is 6.95. The van der Waals surface area contributed by atoms with E-state index in [0.717, 1.165) is 32.5 Å². The average Bonchev–Trinajstić information content (AvgIpc) is 2.43. The number of benzene rings is 1. The maximum absolute atomic E-state index is 11.2. The zero-order valence-electron chi connectivity index (χ0n) is 11.7. The number of carbonyl (C=O) groups is 1. The van der Waals surface area contributed by atoms with Crippen LogP contribution in [0.5, 0.6) is 0 Å². The Hall–Kier alpha value is -1.26. The van der Waals surface area contributed by atoms with Gasteiger partial charge in [0.15, 0.2) is 0 Å². The number of hydrogen-bond acceptors (Lipinski definition) is 3. The standard InChI is InChI=1S/C15H21ClN2O2/c1-2-7-18-8-5-12(6-9-18)17-14-4-3-11(16)10-13(14)15(19)20/h3-4,10,12,17H,2,5-9H2,1H3,(H,19,20). The van der Waals surface area contributed by atoms with Gasteiger partial charge in [-0.3, -0.25) is 0 Å². The van der Waals surface area contributed by atoms with Gasteiger partial charge in [0.05, 0.1) is 5.56 Å². The van der Waals surface area contributed by atoms with Gasteiger partial charge in [-0.05, 0) is 44.0 Å². The molecular formula is C15H21ClN2O2. The van der Waals surface area contributed by atoms with Crippen molar-refractivity contribution in [3.8, 4) is 0 Å². The summed E-state index contributed by atoms with van der Waals surface area (Å²) < 4.78 is 0. The molecule has 1 heterocycles. The fourth-order valence-corrected chi connectivity index (χ4v) is 2.83. The summed E-state index contributed by atoms with van der Waals surface area (Å²) in [7, 11) is 0. The Morgan fingerprint density at radius 2 is 2.15 bits per heavy atom. The number of halogens is 1. The highest BCUT2D eigenvalue weighted by Crippen LogP contribution is 2.23. The van der Waals surface area contributed by atoms with E-state index in [9.17, 15) is 9.90 Å². The monoisotopic (exact) mass is 296 g/mol. The van der Waals surface area contributed by atoms with Crippen molar-refractivity contribution in [1.29, 1.82) is 0 Å². The number of hydrogen-bond donors (Lipinski definition) is 2. The molecule has 1 aromatic carbocycles. The Balaban J connectivity index is 1.99. The summed E-state index contributed by atoms with van der Waals surface area (Å²) in [6.45, 7) is 5.48. The molecule has 1 fully saturated rings. The first-order chi connectivity index (χ1) is 9.60. The lowest BCUT2D eigenvalue weighted by Gasteiger charge is -2.32. The lowest BCUT2D eigenvalue weighted by molar-refractivity contribution is 0.0698. The van der Waals surface area contributed by atoms with Crippen LogP contribution in [-0.2, 0) is 0 Å². The zero-order chi connectivity index (χ0) is 14.5. The van der Waals surface area contributed by atoms with Crippen molar-refractivity contribution in [1.82, 2.24) is 4.90 Å². The van der Waals surface area contributed by atoms with Crippen LogP contribution < -0.4 is 5.32 Å². The fourth-order valence-electron chi connectivity index (χ4n) is 2.66. The summed E-state index contributed by atoms with van der Waals surface area (Å²) in [5.41, 5.74) is 0.907. The third-order valence-corrected chi connectivity index (χ3v) is 3.93. The van der Waals surface area contributed by atoms with E-state index in [1.54, 1.807) is 12.1 Å². The smallest absolute Gasteiger partial charge is 0.337 e. The number of nitrogens with zero attached hydrogens (tertiary/aromatic N) is 1. The number of anilines is 1. The molecule has 0 bridgehead atoms. The lowest BCUT2D eigenvalue weighted by Crippen LogP contribution is -2.39. The highest BCUT2D eigenvalue weighted by molar-refractivity contribution is 6.31. The Morgan fingerprint density at radius 3 is 2.75 bits per heavy atom. The van der Waals surface area contributed by atoms with Gasteiger partial charge in [-0.2, -0.15) is 0 Å². The van der Waals surface area contributed by atoms with Gasteiger partial charge >= 0.3 is 5.97 Å². The molecule has 1 aliphatic heterocycles. The minimum Gasteiger partial charge on any atom is -0.478 e. The molecular weight excluding hydrogens is 276 g/mol. The predicted octanol–water partition coefficient (Wildman–Crippen LogP) is 3.32. The van der Waals surface area contributed by atoms with Gasteiger partial charge in [0.2, 0.25) is 0 Å². The maximum atomic E-state index is 11.2. The second-order valence-corrected chi connectivity index (χ2v) is 5.69. The Morgan fingerprint density at radius 1 is 1.45 bits per heavy atom. The molecule has 0 amide bonds. The van der Waals surface area contributed by atoms with Crippen LogP contribution in [0, 0.1) is 0 Å². The first-order valence-corrected chi connectivity index (χ1v) is 7.49. The van der Waals surface area contributed by atoms with E-state index in [0.29, 0.717) is 16.8 Å². The average molecular weight is 297 g/mol. The normalized spacial score (nSPS) is 17.1. The molecule has 0 saturated carbocycles. The van der Waals surface area contributed by atoms with E-state index in [1.165, 1.54) is 12.5 Å². The largest absolute Gasteiger partial charge is 0.478 e. The number of aromatic carboxylic acids is 1. The van der Waals surface area contributed by atoms with Crippen LogP contribution in [0.25, 0.3) is 0 Å². The summed E-state index contributed by atoms with van der Waals surface area (Å²) in [6.07, 6.45) is 3.27. The van der Waals surface area contributed by atoms with E-state index in [2.05, 4.69) is 17.1 Å². The summed E-state index contributed by atoms with van der Waals surface area (Å²) in [6, 6.07) is 5.31. The molecule has 2 rings (SSSR count). The van der Waals surface area contributed by atoms with Gasteiger partial charge in [-0.15, -0.1) is 0 Å². The van der Waals surface area contributed by atoms with Crippen molar-refractivity contribution in [3.05, 3.63) is 28.8 Å². The highest BCUT2D eigenvalue weighted by atomic mass is 35.5. The summed E-state index contributed by atoms with van der Waals surface area (Å²) in [5, 5.41) is 13.0. The van der Waals surface area contributed by atoms with E-state index in [1.807, 2.05) is 0 Å². The van der Waals surface area contributed by atoms with Crippen molar-refractivity contribution < 1.29 is 9.90 Å². The van der Waals surface area contributed by atoms with Crippen LogP contribution >= 0.6 is 11.6 Å². The molecule has 1 aliphatic rings. The van der Waals surface area contributed by atoms with Gasteiger partial charge in [0.25, 0.3) is 0 Å². The van der Waals surface area contributed by atoms with Crippen molar-refractivity contribution in [2.24, 2.45) is 0 Å². The molecule has 4 nitrogen and oxygen atoms in total. The Kier molecular flexibility index (Phi) is 5.26. The van der Waals surface area contributed by atoms with Gasteiger partial charge in [0, 0.05) is 29.8 Å². The predicted molar refractivity (Wildman–Crippen MR) is 81.8 cm³/mol. The van der Waals surface area contributed by atoms with E-state index >= 15 is 0 Å². The molecule has 0 unspecified atom stereocenters. The lowest BCUT2D eigenvalue weighted by atomic mass is 10.0. The molecule has 0 aromatic heterocycles. The molecule has 0 atom stereocenters. The first-order valence-electron chi connectivity index (χ1n) is 7.12. The van der Waals surface area contributed by atoms with Crippen molar-refractivity contribution in [2.45, 2.75) is 32.2 Å². The topological polar surface area (TPSA) is 52.6 Å². The number of rotatable bonds is 5. The number of nitrogens with one attached hydrogen (secondary N) is 1. The van der Waals surface area contributed by atoms with Gasteiger partial charge < -0.3 is 15.3 Å². The minimum absolute atomic E-state index is 0.244. The molecule has 2 N–H and O–H groups in total. The Labute approximate surface area is 124 Å². The van der Waals surface area contributed by atoms with E-state index < -0.39 is 5.97 Å². The minimum atomic E-state index is -0.946. The zero-order valence-corrected chi connectivity index (χ0v) is 12.5. The number of likely N-dealkylation sites (tertiary alicyclic amines) is 1. The molecule has 1 aromatic rings. The molecule has 20 heavy (non-hydrogen) atoms. The van der Waals surface area contributed by atoms with E-state index in [-0.39, 0.29) is 5.56 Å². The third kappa shape index (κ3) is 3.87. The summed E-state index contributed by atoms with van der Waals surface area (Å²) in [4.78, 5) is 13.7. The maximum Gasteiger partial charge on any atom is 0.337 e. The molecule has 110 valence electrons. The molecule has 0 spiro atoms. The number of carboxylic acids is 1. The quantitative estimate of drug-likeness (QED) is 0.875. The van der Waals surface area contributed by atoms with Crippen LogP contribution in [0.4, 0.5) is 5.69 Å². The summed E-state index contributed by atoms with van der Waals surface area (Å²) >= 11 is 5.86. The molecule has 0 radical (unpaired) electrons. The molecule has 0 aliphatic carbocycles. The van der Waals surface area contributed by atoms with Crippen LogP contribution in [-0.4, -0.2) is 41.7 Å². The number of carboxylic acid groups (broad SMARTS) is 1. The fraction of sp³-hybridized carbons (Fsp3) is 0.533. The van der Waals surface area contributed by atoms with Gasteiger partial charge in [-0.1, -0.05) is 18.5 Å². The van der Waals surface area contributed by atoms with Gasteiger partial charge in [-0.25, -0.2) is 4.79 Å². The molecule has 5 heteroatoms. The van der Waals surface area contributed by atoms with Crippen LogP contribution in [0.1, 0.15) is 36.5 Å². The third-order valence-electron chi connectivity index (χ3n) is 3.70. The summed E-state index contributed by atoms with van der Waals surface area (Å²) in [5.74, 6) is -0.946. The van der Waals surface area contributed by atoms with Crippen molar-refractivity contribution in [3.63, 3.8) is 0 Å². The first kappa shape index (κ1) is 15.1. The highest BCUT2D eigenvalue weighted by Gasteiger charge is 2.20. The van der Waals surface area contributed by atoms with E-state index in [4.69, 9.17) is 11.6 Å². The van der Waals surface area contributed by atoms with Crippen LogP contribution in [0.3, 0.4) is 0 Å². The van der Waals surface area contributed by atoms with Crippen molar-refractivity contribution in [2.75, 3.05) is 25.0 Å². The molecule has 1 saturated heterocycles. The number of piperidine rings is 1. The van der Waals surface area contributed by atoms with Crippen LogP contribution in [0.2, 0.25) is 5.02 Å². The second-order valence-electron chi connectivity index (χ2n) is 5.26. The SMILES string of the molecule is CCCN1CCC(Nc2ccc(Cl)cc2C(=O)O)CC1.